The van der Waals surface area contributed by atoms with Crippen LogP contribution in [0.25, 0.3) is 21.9 Å². The molecule has 3 N–H and O–H groups in total. The van der Waals surface area contributed by atoms with Gasteiger partial charge in [0, 0.05) is 30.6 Å². The molecule has 1 fully saturated rings. The molecule has 12 nitrogen and oxygen atoms in total. The molecule has 13 heteroatoms. The fourth-order valence-electron chi connectivity index (χ4n) is 5.00. The third kappa shape index (κ3) is 7.79. The number of ether oxygens (including phenoxy) is 1. The molecule has 0 atom stereocenters. The van der Waals surface area contributed by atoms with Crippen LogP contribution in [0, 0.1) is 11.8 Å². The average molecular weight is 625 g/mol. The Kier molecular flexibility index (Phi) is 9.25. The maximum Gasteiger partial charge on any atom is 0.301 e. The van der Waals surface area contributed by atoms with Crippen molar-refractivity contribution < 1.29 is 17.9 Å². The molecule has 0 aliphatic carbocycles. The summed E-state index contributed by atoms with van der Waals surface area (Å²) in [5, 5.41) is 6.53. The SMILES string of the molecule is O=C(C#CCCCCN1CCOCC1)Nc1cc2c(Nc3ccc4nc(S(=O)(=O)Cc5ccccc5)[nH]c4c3)ncnc2cn1. The number of carbonyl (C=O) groups excluding carboxylic acids is 1. The number of benzene rings is 2. The van der Waals surface area contributed by atoms with Crippen LogP contribution >= 0.6 is 0 Å². The highest BCUT2D eigenvalue weighted by Crippen LogP contribution is 2.27. The van der Waals surface area contributed by atoms with Crippen LogP contribution in [0.3, 0.4) is 0 Å². The molecule has 6 rings (SSSR count). The van der Waals surface area contributed by atoms with Crippen LogP contribution in [0.15, 0.2) is 72.3 Å². The number of nitrogens with zero attached hydrogens (tertiary/aromatic N) is 5. The maximum absolute atomic E-state index is 13.0. The Balaban J connectivity index is 1.10. The van der Waals surface area contributed by atoms with Gasteiger partial charge in [0.05, 0.1) is 41.7 Å². The number of imidazole rings is 1. The molecule has 1 aliphatic heterocycles. The van der Waals surface area contributed by atoms with Gasteiger partial charge in [-0.25, -0.2) is 28.4 Å². The molecule has 5 aromatic rings. The molecule has 0 unspecified atom stereocenters. The van der Waals surface area contributed by atoms with Crippen molar-refractivity contribution in [1.29, 1.82) is 0 Å². The second kappa shape index (κ2) is 13.8. The fraction of sp³-hybridized carbons (Fsp3) is 0.281. The lowest BCUT2D eigenvalue weighted by molar-refractivity contribution is -0.111. The smallest absolute Gasteiger partial charge is 0.301 e. The predicted octanol–water partition coefficient (Wildman–Crippen LogP) is 4.06. The van der Waals surface area contributed by atoms with Gasteiger partial charge in [0.1, 0.15) is 18.0 Å². The van der Waals surface area contributed by atoms with Crippen molar-refractivity contribution in [3.05, 3.63) is 72.7 Å². The fourth-order valence-corrected chi connectivity index (χ4v) is 6.27. The normalized spacial score (nSPS) is 13.8. The number of aromatic nitrogens is 5. The number of H-pyrrole nitrogens is 1. The number of carbonyl (C=O) groups is 1. The van der Waals surface area contributed by atoms with E-state index in [0.29, 0.717) is 51.2 Å². The van der Waals surface area contributed by atoms with E-state index in [-0.39, 0.29) is 10.9 Å². The highest BCUT2D eigenvalue weighted by Gasteiger charge is 2.20. The van der Waals surface area contributed by atoms with E-state index in [0.717, 1.165) is 45.7 Å². The highest BCUT2D eigenvalue weighted by molar-refractivity contribution is 7.90. The summed E-state index contributed by atoms with van der Waals surface area (Å²) in [5.74, 6) is 5.80. The molecule has 0 saturated carbocycles. The summed E-state index contributed by atoms with van der Waals surface area (Å²) in [5.41, 5.74) is 2.99. The molecule has 0 bridgehead atoms. The summed E-state index contributed by atoms with van der Waals surface area (Å²) in [6.07, 6.45) is 5.57. The van der Waals surface area contributed by atoms with E-state index in [1.807, 2.05) is 6.07 Å². The Hall–Kier alpha value is -4.90. The van der Waals surface area contributed by atoms with Crippen molar-refractivity contribution in [2.24, 2.45) is 0 Å². The van der Waals surface area contributed by atoms with Gasteiger partial charge in [0.2, 0.25) is 15.0 Å². The van der Waals surface area contributed by atoms with Crippen LogP contribution in [-0.4, -0.2) is 77.0 Å². The zero-order valence-corrected chi connectivity index (χ0v) is 25.3. The largest absolute Gasteiger partial charge is 0.379 e. The first-order valence-corrected chi connectivity index (χ1v) is 16.3. The summed E-state index contributed by atoms with van der Waals surface area (Å²) in [6.45, 7) is 4.54. The van der Waals surface area contributed by atoms with Gasteiger partial charge in [-0.05, 0) is 55.1 Å². The number of hydrogen-bond acceptors (Lipinski definition) is 10. The molecule has 45 heavy (non-hydrogen) atoms. The van der Waals surface area contributed by atoms with Crippen LogP contribution in [0.2, 0.25) is 0 Å². The maximum atomic E-state index is 13.0. The molecule has 0 spiro atoms. The molecule has 230 valence electrons. The van der Waals surface area contributed by atoms with Crippen molar-refractivity contribution in [2.45, 2.75) is 30.2 Å². The molecule has 0 radical (unpaired) electrons. The van der Waals surface area contributed by atoms with Gasteiger partial charge in [-0.3, -0.25) is 15.0 Å². The second-order valence-corrected chi connectivity index (χ2v) is 12.5. The number of unbranched alkanes of at least 4 members (excludes halogenated alkanes) is 2. The summed E-state index contributed by atoms with van der Waals surface area (Å²) < 4.78 is 31.3. The first-order chi connectivity index (χ1) is 21.9. The topological polar surface area (TPSA) is 155 Å². The minimum Gasteiger partial charge on any atom is -0.379 e. The Morgan fingerprint density at radius 2 is 1.84 bits per heavy atom. The summed E-state index contributed by atoms with van der Waals surface area (Å²) in [7, 11) is -3.67. The first-order valence-electron chi connectivity index (χ1n) is 14.7. The standard InChI is InChI=1S/C32H32N8O4S/c41-30(10-6-1-2-7-13-40-14-16-44-17-15-40)39-29-19-25-28(20-33-29)34-22-35-31(25)36-24-11-12-26-27(18-24)38-32(37-26)45(42,43)21-23-8-4-3-5-9-23/h3-5,8-9,11-12,18-20,22H,1-2,7,13-17,21H2,(H,37,38)(H,33,39,41)(H,34,35,36). The minimum atomic E-state index is -3.67. The summed E-state index contributed by atoms with van der Waals surface area (Å²) in [4.78, 5) is 35.1. The minimum absolute atomic E-state index is 0.0893. The molecule has 4 heterocycles. The van der Waals surface area contributed by atoms with E-state index in [1.54, 1.807) is 54.7 Å². The van der Waals surface area contributed by atoms with Gasteiger partial charge in [-0.2, -0.15) is 0 Å². The van der Waals surface area contributed by atoms with Crippen LogP contribution in [-0.2, 0) is 25.1 Å². The van der Waals surface area contributed by atoms with Gasteiger partial charge in [0.25, 0.3) is 0 Å². The summed E-state index contributed by atoms with van der Waals surface area (Å²) in [6, 6.07) is 15.9. The molecule has 2 aromatic carbocycles. The number of aromatic amines is 1. The molecule has 1 saturated heterocycles. The van der Waals surface area contributed by atoms with E-state index >= 15 is 0 Å². The Morgan fingerprint density at radius 1 is 1.00 bits per heavy atom. The molecule has 1 aliphatic rings. The van der Waals surface area contributed by atoms with Crippen molar-refractivity contribution >= 4 is 55.0 Å². The third-order valence-corrected chi connectivity index (χ3v) is 8.81. The lowest BCUT2D eigenvalue weighted by Gasteiger charge is -2.26. The number of nitrogens with one attached hydrogen (secondary N) is 3. The van der Waals surface area contributed by atoms with Crippen molar-refractivity contribution in [3.63, 3.8) is 0 Å². The quantitative estimate of drug-likeness (QED) is 0.153. The van der Waals surface area contributed by atoms with E-state index in [4.69, 9.17) is 4.74 Å². The number of pyridine rings is 1. The van der Waals surface area contributed by atoms with E-state index in [2.05, 4.69) is 52.3 Å². The zero-order chi connectivity index (χ0) is 31.1. The van der Waals surface area contributed by atoms with Crippen LogP contribution in [0.4, 0.5) is 17.3 Å². The lowest BCUT2D eigenvalue weighted by atomic mass is 10.2. The van der Waals surface area contributed by atoms with Crippen LogP contribution in [0.5, 0.6) is 0 Å². The Labute approximate surface area is 260 Å². The second-order valence-electron chi connectivity index (χ2n) is 10.6. The predicted molar refractivity (Wildman–Crippen MR) is 172 cm³/mol. The van der Waals surface area contributed by atoms with Gasteiger partial charge >= 0.3 is 5.91 Å². The number of hydrogen-bond donors (Lipinski definition) is 3. The van der Waals surface area contributed by atoms with Gasteiger partial charge in [-0.15, -0.1) is 0 Å². The Morgan fingerprint density at radius 3 is 2.69 bits per heavy atom. The number of sulfone groups is 1. The molecular formula is C32H32N8O4S. The number of amides is 1. The van der Waals surface area contributed by atoms with Gasteiger partial charge < -0.3 is 15.0 Å². The molecule has 1 amide bonds. The molecule has 3 aromatic heterocycles. The van der Waals surface area contributed by atoms with Crippen molar-refractivity contribution in [3.8, 4) is 11.8 Å². The summed E-state index contributed by atoms with van der Waals surface area (Å²) >= 11 is 0. The lowest BCUT2D eigenvalue weighted by Crippen LogP contribution is -2.36. The third-order valence-electron chi connectivity index (χ3n) is 7.31. The van der Waals surface area contributed by atoms with Crippen LogP contribution in [0.1, 0.15) is 24.8 Å². The number of morpholine rings is 1. The zero-order valence-electron chi connectivity index (χ0n) is 24.5. The van der Waals surface area contributed by atoms with Crippen molar-refractivity contribution in [1.82, 2.24) is 29.8 Å². The number of rotatable bonds is 10. The van der Waals surface area contributed by atoms with E-state index in [1.165, 1.54) is 6.33 Å². The van der Waals surface area contributed by atoms with E-state index in [9.17, 15) is 13.2 Å². The van der Waals surface area contributed by atoms with Crippen LogP contribution < -0.4 is 10.6 Å². The molecular weight excluding hydrogens is 592 g/mol. The monoisotopic (exact) mass is 624 g/mol. The van der Waals surface area contributed by atoms with Crippen molar-refractivity contribution in [2.75, 3.05) is 43.5 Å². The first kappa shape index (κ1) is 30.1. The van der Waals surface area contributed by atoms with Gasteiger partial charge in [-0.1, -0.05) is 36.3 Å². The number of anilines is 3. The average Bonchev–Trinajstić information content (AvgIpc) is 3.49. The Bertz CT molecular complexity index is 1980. The van der Waals surface area contributed by atoms with Gasteiger partial charge in [0.15, 0.2) is 0 Å². The van der Waals surface area contributed by atoms with E-state index < -0.39 is 15.7 Å². The highest BCUT2D eigenvalue weighted by atomic mass is 32.2. The number of fused-ring (bicyclic) bond motifs is 2.